The van der Waals surface area contributed by atoms with Crippen molar-refractivity contribution in [2.75, 3.05) is 45.9 Å². The van der Waals surface area contributed by atoms with Crippen molar-refractivity contribution < 1.29 is 14.3 Å². The Morgan fingerprint density at radius 2 is 1.93 bits per heavy atom. The van der Waals surface area contributed by atoms with Crippen LogP contribution in [0.25, 0.3) is 0 Å². The van der Waals surface area contributed by atoms with E-state index in [-0.39, 0.29) is 12.0 Å². The molecule has 6 nitrogen and oxygen atoms in total. The second-order valence-electron chi connectivity index (χ2n) is 7.33. The first-order valence-electron chi connectivity index (χ1n) is 10.0. The molecule has 28 heavy (non-hydrogen) atoms. The van der Waals surface area contributed by atoms with Crippen LogP contribution in [-0.2, 0) is 11.2 Å². The molecule has 2 aliphatic rings. The number of amides is 1. The molecule has 2 aliphatic heterocycles. The number of piperazine rings is 1. The Morgan fingerprint density at radius 1 is 1.11 bits per heavy atom. The minimum Gasteiger partial charge on any atom is -0.471 e. The van der Waals surface area contributed by atoms with Crippen LogP contribution in [-0.4, -0.2) is 72.7 Å². The van der Waals surface area contributed by atoms with Gasteiger partial charge in [-0.3, -0.25) is 9.69 Å². The number of hydrogen-bond acceptors (Lipinski definition) is 5. The van der Waals surface area contributed by atoms with Gasteiger partial charge in [0, 0.05) is 45.3 Å². The van der Waals surface area contributed by atoms with Crippen molar-refractivity contribution in [3.8, 4) is 5.88 Å². The normalized spacial score (nSPS) is 20.3. The van der Waals surface area contributed by atoms with Crippen molar-refractivity contribution in [3.63, 3.8) is 0 Å². The van der Waals surface area contributed by atoms with E-state index in [2.05, 4.69) is 34.1 Å². The Balaban J connectivity index is 1.31. The summed E-state index contributed by atoms with van der Waals surface area (Å²) in [6.07, 6.45) is 3.53. The number of hydrogen-bond donors (Lipinski definition) is 0. The highest BCUT2D eigenvalue weighted by Crippen LogP contribution is 2.21. The number of benzene rings is 1. The van der Waals surface area contributed by atoms with Crippen LogP contribution < -0.4 is 4.74 Å². The number of pyridine rings is 1. The van der Waals surface area contributed by atoms with Gasteiger partial charge in [0.1, 0.15) is 11.7 Å². The Morgan fingerprint density at radius 3 is 2.68 bits per heavy atom. The summed E-state index contributed by atoms with van der Waals surface area (Å²) in [5, 5.41) is 0. The van der Waals surface area contributed by atoms with Gasteiger partial charge in [0.15, 0.2) is 0 Å². The van der Waals surface area contributed by atoms with E-state index in [1.165, 1.54) is 5.56 Å². The Kier molecular flexibility index (Phi) is 6.19. The molecule has 1 aromatic carbocycles. The van der Waals surface area contributed by atoms with Crippen LogP contribution in [0.5, 0.6) is 5.88 Å². The molecule has 0 radical (unpaired) electrons. The third-order valence-corrected chi connectivity index (χ3v) is 5.39. The topological polar surface area (TPSA) is 54.9 Å². The lowest BCUT2D eigenvalue weighted by molar-refractivity contribution is 0.0628. The maximum absolute atomic E-state index is 13.0. The number of nitrogens with zero attached hydrogens (tertiary/aromatic N) is 3. The highest BCUT2D eigenvalue weighted by molar-refractivity contribution is 5.96. The van der Waals surface area contributed by atoms with Gasteiger partial charge in [-0.25, -0.2) is 4.98 Å². The van der Waals surface area contributed by atoms with Gasteiger partial charge in [-0.2, -0.15) is 0 Å². The third kappa shape index (κ3) is 4.69. The van der Waals surface area contributed by atoms with Gasteiger partial charge >= 0.3 is 0 Å². The Bertz CT molecular complexity index is 770. The van der Waals surface area contributed by atoms with Crippen LogP contribution in [0.1, 0.15) is 22.3 Å². The maximum atomic E-state index is 13.0. The van der Waals surface area contributed by atoms with Gasteiger partial charge < -0.3 is 14.4 Å². The van der Waals surface area contributed by atoms with E-state index in [9.17, 15) is 4.79 Å². The number of carbonyl (C=O) groups is 1. The van der Waals surface area contributed by atoms with E-state index < -0.39 is 0 Å². The fraction of sp³-hybridized carbons (Fsp3) is 0.455. The molecule has 2 fully saturated rings. The Labute approximate surface area is 166 Å². The van der Waals surface area contributed by atoms with Gasteiger partial charge in [-0.1, -0.05) is 30.3 Å². The molecule has 2 aromatic rings. The van der Waals surface area contributed by atoms with Crippen LogP contribution in [0.15, 0.2) is 48.7 Å². The molecular formula is C22H27N3O3. The zero-order chi connectivity index (χ0) is 19.2. The zero-order valence-corrected chi connectivity index (χ0v) is 16.1. The molecule has 0 saturated carbocycles. The molecule has 0 aliphatic carbocycles. The van der Waals surface area contributed by atoms with Crippen LogP contribution >= 0.6 is 0 Å². The number of rotatable bonds is 6. The molecule has 3 heterocycles. The molecule has 1 aromatic heterocycles. The van der Waals surface area contributed by atoms with Crippen molar-refractivity contribution in [2.24, 2.45) is 0 Å². The molecule has 0 N–H and O–H groups in total. The fourth-order valence-corrected chi connectivity index (χ4v) is 3.69. The van der Waals surface area contributed by atoms with Gasteiger partial charge in [0.25, 0.3) is 5.91 Å². The van der Waals surface area contributed by atoms with Gasteiger partial charge in [0.2, 0.25) is 5.88 Å². The lowest BCUT2D eigenvalue weighted by atomic mass is 10.1. The van der Waals surface area contributed by atoms with E-state index in [0.717, 1.165) is 45.6 Å². The average molecular weight is 381 g/mol. The first-order chi connectivity index (χ1) is 13.8. The van der Waals surface area contributed by atoms with E-state index in [4.69, 9.17) is 9.47 Å². The highest BCUT2D eigenvalue weighted by atomic mass is 16.5. The summed E-state index contributed by atoms with van der Waals surface area (Å²) in [5.74, 6) is 0.430. The van der Waals surface area contributed by atoms with E-state index in [0.29, 0.717) is 24.7 Å². The minimum atomic E-state index is -0.0173. The fourth-order valence-electron chi connectivity index (χ4n) is 3.69. The minimum absolute atomic E-state index is 0.00437. The lowest BCUT2D eigenvalue weighted by Crippen LogP contribution is -2.49. The summed E-state index contributed by atoms with van der Waals surface area (Å²) in [7, 11) is 0. The molecular weight excluding hydrogens is 354 g/mol. The molecule has 1 amide bonds. The van der Waals surface area contributed by atoms with Crippen LogP contribution in [0.3, 0.4) is 0 Å². The summed E-state index contributed by atoms with van der Waals surface area (Å²) in [5.41, 5.74) is 1.90. The highest BCUT2D eigenvalue weighted by Gasteiger charge is 2.26. The standard InChI is InChI=1S/C22H27N3O3/c26-22(20-7-4-10-23-21(20)28-19-9-16-27-17-19)25-14-12-24(13-15-25)11-8-18-5-2-1-3-6-18/h1-7,10,19H,8-9,11-17H2/t19-/m1/s1. The molecule has 6 heteroatoms. The summed E-state index contributed by atoms with van der Waals surface area (Å²) < 4.78 is 11.3. The summed E-state index contributed by atoms with van der Waals surface area (Å²) in [4.78, 5) is 21.7. The van der Waals surface area contributed by atoms with E-state index in [1.54, 1.807) is 12.3 Å². The van der Waals surface area contributed by atoms with Crippen LogP contribution in [0.4, 0.5) is 0 Å². The quantitative estimate of drug-likeness (QED) is 0.768. The second kappa shape index (κ2) is 9.17. The molecule has 2 saturated heterocycles. The van der Waals surface area contributed by atoms with Crippen molar-refractivity contribution in [2.45, 2.75) is 18.9 Å². The Hall–Kier alpha value is -2.44. The van der Waals surface area contributed by atoms with Crippen molar-refractivity contribution >= 4 is 5.91 Å². The smallest absolute Gasteiger partial charge is 0.259 e. The van der Waals surface area contributed by atoms with Crippen molar-refractivity contribution in [3.05, 3.63) is 59.8 Å². The predicted octanol–water partition coefficient (Wildman–Crippen LogP) is 2.25. The van der Waals surface area contributed by atoms with Gasteiger partial charge in [0.05, 0.1) is 13.2 Å². The molecule has 0 spiro atoms. The molecule has 4 rings (SSSR count). The third-order valence-electron chi connectivity index (χ3n) is 5.39. The first-order valence-corrected chi connectivity index (χ1v) is 10.0. The second-order valence-corrected chi connectivity index (χ2v) is 7.33. The number of aromatic nitrogens is 1. The van der Waals surface area contributed by atoms with Crippen molar-refractivity contribution in [1.29, 1.82) is 0 Å². The number of ether oxygens (including phenoxy) is 2. The van der Waals surface area contributed by atoms with Gasteiger partial charge in [-0.15, -0.1) is 0 Å². The SMILES string of the molecule is O=C(c1cccnc1O[C@@H]1CCOC1)N1CCN(CCc2ccccc2)CC1. The lowest BCUT2D eigenvalue weighted by Gasteiger charge is -2.35. The zero-order valence-electron chi connectivity index (χ0n) is 16.1. The monoisotopic (exact) mass is 381 g/mol. The first kappa shape index (κ1) is 18.9. The predicted molar refractivity (Wildman–Crippen MR) is 107 cm³/mol. The molecule has 148 valence electrons. The van der Waals surface area contributed by atoms with E-state index in [1.807, 2.05) is 17.0 Å². The van der Waals surface area contributed by atoms with E-state index >= 15 is 0 Å². The summed E-state index contributed by atoms with van der Waals surface area (Å²) in [6, 6.07) is 14.1. The maximum Gasteiger partial charge on any atom is 0.259 e. The largest absolute Gasteiger partial charge is 0.471 e. The van der Waals surface area contributed by atoms with Gasteiger partial charge in [-0.05, 0) is 24.1 Å². The molecule has 0 unspecified atom stereocenters. The van der Waals surface area contributed by atoms with Crippen molar-refractivity contribution in [1.82, 2.24) is 14.8 Å². The number of carbonyl (C=O) groups excluding carboxylic acids is 1. The average Bonchev–Trinajstić information content (AvgIpc) is 3.26. The molecule has 1 atom stereocenters. The van der Waals surface area contributed by atoms with Crippen LogP contribution in [0.2, 0.25) is 0 Å². The molecule has 0 bridgehead atoms. The summed E-state index contributed by atoms with van der Waals surface area (Å²) in [6.45, 7) is 5.53. The summed E-state index contributed by atoms with van der Waals surface area (Å²) >= 11 is 0. The van der Waals surface area contributed by atoms with Crippen LogP contribution in [0, 0.1) is 0 Å².